The number of rotatable bonds is 2. The number of benzene rings is 1. The van der Waals surface area contributed by atoms with E-state index in [4.69, 9.17) is 21.6 Å². The fraction of sp³-hybridized carbons (Fsp3) is 0.143. The summed E-state index contributed by atoms with van der Waals surface area (Å²) in [5, 5.41) is 17.6. The minimum atomic E-state index is -1.94. The average molecular weight is 236 g/mol. The van der Waals surface area contributed by atoms with Gasteiger partial charge < -0.3 is 10.0 Å². The van der Waals surface area contributed by atoms with Crippen molar-refractivity contribution in [3.8, 4) is 0 Å². The zero-order chi connectivity index (χ0) is 10.9. The van der Waals surface area contributed by atoms with Crippen molar-refractivity contribution < 1.29 is 18.6 Å². The van der Waals surface area contributed by atoms with E-state index in [1.165, 1.54) is 12.3 Å². The van der Waals surface area contributed by atoms with Gasteiger partial charge in [-0.3, -0.25) is 4.21 Å². The molecule has 3 nitrogen and oxygen atoms in total. The molecule has 0 radical (unpaired) electrons. The van der Waals surface area contributed by atoms with Crippen molar-refractivity contribution in [2.24, 2.45) is 0 Å². The van der Waals surface area contributed by atoms with Crippen molar-refractivity contribution in [1.82, 2.24) is 0 Å². The van der Waals surface area contributed by atoms with E-state index in [0.717, 1.165) is 6.07 Å². The molecule has 0 aliphatic carbocycles. The molecule has 2 N–H and O–H groups in total. The molecule has 0 aliphatic rings. The fourth-order valence-electron chi connectivity index (χ4n) is 1.01. The second-order valence-electron chi connectivity index (χ2n) is 2.61. The van der Waals surface area contributed by atoms with Crippen LogP contribution >= 0.6 is 11.6 Å². The maximum atomic E-state index is 13.4. The minimum Gasteiger partial charge on any atom is -0.423 e. The van der Waals surface area contributed by atoms with Gasteiger partial charge in [-0.2, -0.15) is 0 Å². The van der Waals surface area contributed by atoms with Crippen LogP contribution < -0.4 is 5.46 Å². The maximum Gasteiger partial charge on any atom is 0.491 e. The highest BCUT2D eigenvalue weighted by atomic mass is 35.5. The summed E-state index contributed by atoms with van der Waals surface area (Å²) in [6, 6.07) is 2.41. The van der Waals surface area contributed by atoms with E-state index in [2.05, 4.69) is 0 Å². The van der Waals surface area contributed by atoms with Crippen LogP contribution in [0.3, 0.4) is 0 Å². The summed E-state index contributed by atoms with van der Waals surface area (Å²) >= 11 is 5.60. The number of hydrogen-bond donors (Lipinski definition) is 2. The molecule has 1 aromatic carbocycles. The first-order valence-electron chi connectivity index (χ1n) is 3.62. The number of halogens is 2. The van der Waals surface area contributed by atoms with Gasteiger partial charge in [-0.25, -0.2) is 4.39 Å². The Bertz CT molecular complexity index is 385. The molecule has 0 aliphatic heterocycles. The van der Waals surface area contributed by atoms with Crippen LogP contribution in [0.15, 0.2) is 17.0 Å². The van der Waals surface area contributed by atoms with Gasteiger partial charge >= 0.3 is 7.12 Å². The molecule has 1 atom stereocenters. The van der Waals surface area contributed by atoms with E-state index in [1.807, 2.05) is 0 Å². The molecule has 0 aromatic heterocycles. The van der Waals surface area contributed by atoms with E-state index in [1.54, 1.807) is 0 Å². The Labute approximate surface area is 88.1 Å². The fourth-order valence-corrected chi connectivity index (χ4v) is 2.20. The molecule has 0 amide bonds. The van der Waals surface area contributed by atoms with Crippen LogP contribution in [0.25, 0.3) is 0 Å². The molecule has 7 heteroatoms. The standard InChI is InChI=1S/C7H7BClFO3S/c1-14(13)7-5(9)3-2-4(6(7)10)8(11)12/h2-3,11-12H,1H3/t14-/m1/s1. The molecule has 0 unspecified atom stereocenters. The van der Waals surface area contributed by atoms with Gasteiger partial charge in [0, 0.05) is 11.7 Å². The van der Waals surface area contributed by atoms with Gasteiger partial charge in [0.15, 0.2) is 0 Å². The average Bonchev–Trinajstić information content (AvgIpc) is 2.02. The van der Waals surface area contributed by atoms with E-state index in [9.17, 15) is 8.60 Å². The van der Waals surface area contributed by atoms with Crippen LogP contribution in [0.1, 0.15) is 0 Å². The zero-order valence-electron chi connectivity index (χ0n) is 7.20. The Morgan fingerprint density at radius 1 is 1.50 bits per heavy atom. The van der Waals surface area contributed by atoms with Crippen LogP contribution in [0.5, 0.6) is 0 Å². The van der Waals surface area contributed by atoms with Crippen molar-refractivity contribution in [2.75, 3.05) is 6.26 Å². The summed E-state index contributed by atoms with van der Waals surface area (Å²) < 4.78 is 24.5. The molecular weight excluding hydrogens is 229 g/mol. The topological polar surface area (TPSA) is 57.5 Å². The van der Waals surface area contributed by atoms with Crippen molar-refractivity contribution in [2.45, 2.75) is 4.90 Å². The monoisotopic (exact) mass is 236 g/mol. The lowest BCUT2D eigenvalue weighted by Gasteiger charge is -2.07. The van der Waals surface area contributed by atoms with E-state index >= 15 is 0 Å². The zero-order valence-corrected chi connectivity index (χ0v) is 8.77. The highest BCUT2D eigenvalue weighted by Gasteiger charge is 2.22. The molecular formula is C7H7BClFO3S. The Balaban J connectivity index is 3.41. The summed E-state index contributed by atoms with van der Waals surface area (Å²) in [6.07, 6.45) is 1.26. The third-order valence-electron chi connectivity index (χ3n) is 1.64. The van der Waals surface area contributed by atoms with Crippen LogP contribution in [0.2, 0.25) is 5.02 Å². The first kappa shape index (κ1) is 11.6. The molecule has 1 aromatic rings. The van der Waals surface area contributed by atoms with Crippen molar-refractivity contribution in [3.05, 3.63) is 23.0 Å². The van der Waals surface area contributed by atoms with Crippen LogP contribution in [-0.4, -0.2) is 27.6 Å². The Kier molecular flexibility index (Phi) is 3.66. The van der Waals surface area contributed by atoms with Gasteiger partial charge in [0.25, 0.3) is 0 Å². The molecule has 0 bridgehead atoms. The predicted molar refractivity (Wildman–Crippen MR) is 53.6 cm³/mol. The smallest absolute Gasteiger partial charge is 0.423 e. The summed E-state index contributed by atoms with van der Waals surface area (Å²) in [6.45, 7) is 0. The predicted octanol–water partition coefficient (Wildman–Crippen LogP) is -0.104. The lowest BCUT2D eigenvalue weighted by Crippen LogP contribution is -2.33. The SMILES string of the molecule is C[S@@](=O)c1c(Cl)ccc(B(O)O)c1F. The third-order valence-corrected chi connectivity index (χ3v) is 3.05. The molecule has 0 heterocycles. The quantitative estimate of drug-likeness (QED) is 0.705. The lowest BCUT2D eigenvalue weighted by molar-refractivity contribution is 0.422. The van der Waals surface area contributed by atoms with Gasteiger partial charge in [-0.1, -0.05) is 17.7 Å². The van der Waals surface area contributed by atoms with E-state index < -0.39 is 23.7 Å². The second kappa shape index (κ2) is 4.40. The highest BCUT2D eigenvalue weighted by Crippen LogP contribution is 2.20. The molecule has 76 valence electrons. The summed E-state index contributed by atoms with van der Waals surface area (Å²) in [5.41, 5.74) is -0.334. The summed E-state index contributed by atoms with van der Waals surface area (Å²) in [4.78, 5) is -0.211. The molecule has 1 rings (SSSR count). The number of hydrogen-bond acceptors (Lipinski definition) is 3. The summed E-state index contributed by atoms with van der Waals surface area (Å²) in [5.74, 6) is -0.937. The Hall–Kier alpha value is -0.425. The largest absolute Gasteiger partial charge is 0.491 e. The molecule has 0 spiro atoms. The van der Waals surface area contributed by atoms with Crippen molar-refractivity contribution >= 4 is 35.0 Å². The maximum absolute atomic E-state index is 13.4. The Morgan fingerprint density at radius 2 is 2.07 bits per heavy atom. The minimum absolute atomic E-state index is 0.00716. The Morgan fingerprint density at radius 3 is 2.50 bits per heavy atom. The molecule has 0 fully saturated rings. The molecule has 0 saturated heterocycles. The van der Waals surface area contributed by atoms with Crippen LogP contribution in [0.4, 0.5) is 4.39 Å². The lowest BCUT2D eigenvalue weighted by atomic mass is 9.80. The first-order valence-corrected chi connectivity index (χ1v) is 5.56. The van der Waals surface area contributed by atoms with Crippen molar-refractivity contribution in [1.29, 1.82) is 0 Å². The van der Waals surface area contributed by atoms with Gasteiger partial charge in [0.05, 0.1) is 20.7 Å². The van der Waals surface area contributed by atoms with Gasteiger partial charge in [-0.15, -0.1) is 0 Å². The third kappa shape index (κ3) is 2.14. The summed E-state index contributed by atoms with van der Waals surface area (Å²) in [7, 11) is -3.54. The van der Waals surface area contributed by atoms with Crippen molar-refractivity contribution in [3.63, 3.8) is 0 Å². The van der Waals surface area contributed by atoms with Crippen LogP contribution in [0, 0.1) is 5.82 Å². The van der Waals surface area contributed by atoms with Gasteiger partial charge in [-0.05, 0) is 6.07 Å². The van der Waals surface area contributed by atoms with Gasteiger partial charge in [0.1, 0.15) is 5.82 Å². The highest BCUT2D eigenvalue weighted by molar-refractivity contribution is 7.84. The molecule has 0 saturated carbocycles. The molecule has 14 heavy (non-hydrogen) atoms. The normalized spacial score (nSPS) is 12.6. The van der Waals surface area contributed by atoms with E-state index in [0.29, 0.717) is 0 Å². The van der Waals surface area contributed by atoms with E-state index in [-0.39, 0.29) is 15.4 Å². The van der Waals surface area contributed by atoms with Crippen LogP contribution in [-0.2, 0) is 10.8 Å². The first-order chi connectivity index (χ1) is 6.45. The van der Waals surface area contributed by atoms with Gasteiger partial charge in [0.2, 0.25) is 0 Å². The second-order valence-corrected chi connectivity index (χ2v) is 4.33.